The first-order chi connectivity index (χ1) is 12.7. The van der Waals surface area contributed by atoms with E-state index in [-0.39, 0.29) is 13.2 Å². The number of amides is 1. The van der Waals surface area contributed by atoms with Crippen molar-refractivity contribution in [3.05, 3.63) is 35.9 Å². The Kier molecular flexibility index (Phi) is 6.82. The smallest absolute Gasteiger partial charge is 0.410 e. The van der Waals surface area contributed by atoms with Gasteiger partial charge in [0.1, 0.15) is 12.2 Å². The number of benzene rings is 1. The fourth-order valence-corrected chi connectivity index (χ4v) is 2.95. The number of ether oxygens (including phenoxy) is 3. The van der Waals surface area contributed by atoms with Gasteiger partial charge in [-0.05, 0) is 32.8 Å². The molecule has 7 nitrogen and oxygen atoms in total. The number of hydrogen-bond donors (Lipinski definition) is 0. The normalized spacial score (nSPS) is 19.9. The molecular formula is C20H27NO6. The fraction of sp³-hybridized carbons (Fsp3) is 0.550. The number of carbonyl (C=O) groups excluding carboxylic acids is 3. The van der Waals surface area contributed by atoms with Gasteiger partial charge in [0.05, 0.1) is 18.9 Å². The molecule has 1 aliphatic rings. The van der Waals surface area contributed by atoms with Crippen molar-refractivity contribution in [2.45, 2.75) is 39.4 Å². The minimum absolute atomic E-state index is 0.0622. The maximum Gasteiger partial charge on any atom is 0.410 e. The summed E-state index contributed by atoms with van der Waals surface area (Å²) < 4.78 is 15.6. The van der Waals surface area contributed by atoms with E-state index < -0.39 is 35.5 Å². The second-order valence-corrected chi connectivity index (χ2v) is 7.54. The Bertz CT molecular complexity index is 667. The van der Waals surface area contributed by atoms with Crippen molar-refractivity contribution in [3.8, 4) is 0 Å². The predicted octanol–water partition coefficient (Wildman–Crippen LogP) is 2.78. The largest absolute Gasteiger partial charge is 0.469 e. The first kappa shape index (κ1) is 20.7. The maximum atomic E-state index is 12.5. The Hall–Kier alpha value is -2.57. The third-order valence-electron chi connectivity index (χ3n) is 4.30. The molecule has 0 aromatic heterocycles. The summed E-state index contributed by atoms with van der Waals surface area (Å²) in [4.78, 5) is 38.5. The molecule has 148 valence electrons. The highest BCUT2D eigenvalue weighted by atomic mass is 16.6. The fourth-order valence-electron chi connectivity index (χ4n) is 2.95. The molecule has 1 amide bonds. The molecule has 0 bridgehead atoms. The Morgan fingerprint density at radius 1 is 1.07 bits per heavy atom. The molecule has 0 N–H and O–H groups in total. The van der Waals surface area contributed by atoms with Gasteiger partial charge in [-0.25, -0.2) is 4.79 Å². The molecule has 1 heterocycles. The zero-order chi connectivity index (χ0) is 20.0. The number of rotatable bonds is 4. The topological polar surface area (TPSA) is 82.1 Å². The highest BCUT2D eigenvalue weighted by Crippen LogP contribution is 2.27. The van der Waals surface area contributed by atoms with Crippen LogP contribution >= 0.6 is 0 Å². The lowest BCUT2D eigenvalue weighted by atomic mass is 9.85. The zero-order valence-electron chi connectivity index (χ0n) is 16.3. The number of methoxy groups -OCH3 is 1. The van der Waals surface area contributed by atoms with E-state index >= 15 is 0 Å². The number of likely N-dealkylation sites (tertiary alicyclic amines) is 1. The average molecular weight is 377 g/mol. The molecule has 2 atom stereocenters. The summed E-state index contributed by atoms with van der Waals surface area (Å²) in [7, 11) is 1.26. The van der Waals surface area contributed by atoms with Gasteiger partial charge in [-0.3, -0.25) is 9.59 Å². The molecule has 1 aliphatic heterocycles. The van der Waals surface area contributed by atoms with Crippen LogP contribution in [0.5, 0.6) is 0 Å². The summed E-state index contributed by atoms with van der Waals surface area (Å²) in [5, 5.41) is 0. The molecule has 0 saturated carbocycles. The molecule has 0 aliphatic carbocycles. The van der Waals surface area contributed by atoms with E-state index in [1.807, 2.05) is 30.3 Å². The minimum atomic E-state index is -0.778. The lowest BCUT2D eigenvalue weighted by Crippen LogP contribution is -2.50. The number of nitrogens with zero attached hydrogens (tertiary/aromatic N) is 1. The van der Waals surface area contributed by atoms with Crippen LogP contribution in [0.2, 0.25) is 0 Å². The van der Waals surface area contributed by atoms with E-state index in [0.29, 0.717) is 13.0 Å². The zero-order valence-corrected chi connectivity index (χ0v) is 16.3. The Morgan fingerprint density at radius 3 is 2.33 bits per heavy atom. The molecule has 1 saturated heterocycles. The molecule has 7 heteroatoms. The van der Waals surface area contributed by atoms with Gasteiger partial charge >= 0.3 is 18.0 Å². The van der Waals surface area contributed by atoms with E-state index in [1.54, 1.807) is 20.8 Å². The molecular weight excluding hydrogens is 350 g/mol. The quantitative estimate of drug-likeness (QED) is 0.593. The Labute approximate surface area is 159 Å². The Morgan fingerprint density at radius 2 is 1.74 bits per heavy atom. The molecule has 0 unspecified atom stereocenters. The maximum absolute atomic E-state index is 12.5. The number of hydrogen-bond acceptors (Lipinski definition) is 6. The average Bonchev–Trinajstić information content (AvgIpc) is 2.64. The van der Waals surface area contributed by atoms with Crippen molar-refractivity contribution in [2.24, 2.45) is 11.8 Å². The lowest BCUT2D eigenvalue weighted by Gasteiger charge is -2.36. The van der Waals surface area contributed by atoms with E-state index in [0.717, 1.165) is 5.56 Å². The van der Waals surface area contributed by atoms with Crippen LogP contribution in [0.4, 0.5) is 4.79 Å². The highest BCUT2D eigenvalue weighted by Gasteiger charge is 2.42. The molecule has 0 spiro atoms. The molecule has 1 fully saturated rings. The standard InChI is InChI=1S/C20H27NO6/c1-20(2,3)27-19(24)21-11-10-15(16(12-21)17(22)25-4)18(23)26-13-14-8-6-5-7-9-14/h5-9,15-16H,10-13H2,1-4H3/t15-,16+/m0/s1. The van der Waals surface area contributed by atoms with Gasteiger partial charge in [0.15, 0.2) is 0 Å². The number of piperidine rings is 1. The van der Waals surface area contributed by atoms with Crippen molar-refractivity contribution in [1.82, 2.24) is 4.90 Å². The third kappa shape index (κ3) is 5.98. The van der Waals surface area contributed by atoms with Gasteiger partial charge in [-0.1, -0.05) is 30.3 Å². The van der Waals surface area contributed by atoms with E-state index in [4.69, 9.17) is 14.2 Å². The third-order valence-corrected chi connectivity index (χ3v) is 4.30. The number of carbonyl (C=O) groups is 3. The van der Waals surface area contributed by atoms with Crippen molar-refractivity contribution >= 4 is 18.0 Å². The first-order valence-corrected chi connectivity index (χ1v) is 8.97. The summed E-state index contributed by atoms with van der Waals surface area (Å²) in [6.07, 6.45) is -0.195. The van der Waals surface area contributed by atoms with Crippen molar-refractivity contribution in [1.29, 1.82) is 0 Å². The number of esters is 2. The SMILES string of the molecule is COC(=O)[C@@H]1CN(C(=O)OC(C)(C)C)CC[C@@H]1C(=O)OCc1ccccc1. The first-order valence-electron chi connectivity index (χ1n) is 8.97. The van der Waals surface area contributed by atoms with Gasteiger partial charge in [0, 0.05) is 13.1 Å². The van der Waals surface area contributed by atoms with Crippen molar-refractivity contribution < 1.29 is 28.6 Å². The van der Waals surface area contributed by atoms with Crippen molar-refractivity contribution in [2.75, 3.05) is 20.2 Å². The second kappa shape index (κ2) is 8.88. The summed E-state index contributed by atoms with van der Waals surface area (Å²) in [6, 6.07) is 9.32. The van der Waals surface area contributed by atoms with Crippen molar-refractivity contribution in [3.63, 3.8) is 0 Å². The lowest BCUT2D eigenvalue weighted by molar-refractivity contribution is -0.163. The van der Waals surface area contributed by atoms with Crippen LogP contribution in [-0.4, -0.2) is 48.7 Å². The molecule has 0 radical (unpaired) electrons. The van der Waals surface area contributed by atoms with Crippen LogP contribution in [0.3, 0.4) is 0 Å². The van der Waals surface area contributed by atoms with Gasteiger partial charge in [-0.15, -0.1) is 0 Å². The summed E-state index contributed by atoms with van der Waals surface area (Å²) in [5.74, 6) is -2.43. The predicted molar refractivity (Wildman–Crippen MR) is 97.7 cm³/mol. The van der Waals surface area contributed by atoms with E-state index in [2.05, 4.69) is 0 Å². The highest BCUT2D eigenvalue weighted by molar-refractivity contribution is 5.83. The summed E-state index contributed by atoms with van der Waals surface area (Å²) in [5.41, 5.74) is 0.232. The van der Waals surface area contributed by atoms with Crippen LogP contribution in [0.15, 0.2) is 30.3 Å². The van der Waals surface area contributed by atoms with E-state index in [1.165, 1.54) is 12.0 Å². The van der Waals surface area contributed by atoms with Gasteiger partial charge in [0.2, 0.25) is 0 Å². The molecule has 2 rings (SSSR count). The van der Waals surface area contributed by atoms with E-state index in [9.17, 15) is 14.4 Å². The molecule has 1 aromatic rings. The van der Waals surface area contributed by atoms with Crippen LogP contribution < -0.4 is 0 Å². The molecule has 1 aromatic carbocycles. The summed E-state index contributed by atoms with van der Waals surface area (Å²) in [6.45, 7) is 5.84. The van der Waals surface area contributed by atoms with Crippen LogP contribution in [0.1, 0.15) is 32.8 Å². The Balaban J connectivity index is 2.02. The van der Waals surface area contributed by atoms with Crippen LogP contribution in [0, 0.1) is 11.8 Å². The summed E-state index contributed by atoms with van der Waals surface area (Å²) >= 11 is 0. The molecule has 27 heavy (non-hydrogen) atoms. The van der Waals surface area contributed by atoms with Crippen LogP contribution in [0.25, 0.3) is 0 Å². The minimum Gasteiger partial charge on any atom is -0.469 e. The van der Waals surface area contributed by atoms with Gasteiger partial charge in [-0.2, -0.15) is 0 Å². The second-order valence-electron chi connectivity index (χ2n) is 7.54. The van der Waals surface area contributed by atoms with Gasteiger partial charge < -0.3 is 19.1 Å². The van der Waals surface area contributed by atoms with Gasteiger partial charge in [0.25, 0.3) is 0 Å². The monoisotopic (exact) mass is 377 g/mol. The van der Waals surface area contributed by atoms with Crippen LogP contribution in [-0.2, 0) is 30.4 Å².